The zero-order chi connectivity index (χ0) is 12.3. The summed E-state index contributed by atoms with van der Waals surface area (Å²) in [6.07, 6.45) is 2.46. The molecule has 0 atom stereocenters. The Balaban J connectivity index is 2.06. The minimum atomic E-state index is -3.59. The van der Waals surface area contributed by atoms with Gasteiger partial charge in [-0.1, -0.05) is 15.9 Å². The van der Waals surface area contributed by atoms with Crippen LogP contribution in [-0.2, 0) is 10.0 Å². The summed E-state index contributed by atoms with van der Waals surface area (Å²) in [7, 11) is -3.59. The van der Waals surface area contributed by atoms with Crippen LogP contribution in [0.3, 0.4) is 0 Å². The summed E-state index contributed by atoms with van der Waals surface area (Å²) in [5.41, 5.74) is 3.24. The van der Waals surface area contributed by atoms with Crippen molar-refractivity contribution in [1.29, 1.82) is 0 Å². The summed E-state index contributed by atoms with van der Waals surface area (Å²) in [6, 6.07) is 8.44. The van der Waals surface area contributed by atoms with Crippen LogP contribution < -0.4 is 10.3 Å². The molecular formula is C10H9BrN2O3S. The number of hydrazine groups is 1. The number of benzene rings is 1. The molecule has 0 aliphatic rings. The lowest BCUT2D eigenvalue weighted by molar-refractivity contribution is 0.554. The van der Waals surface area contributed by atoms with Crippen LogP contribution in [0.15, 0.2) is 56.6 Å². The van der Waals surface area contributed by atoms with Gasteiger partial charge in [0.25, 0.3) is 10.0 Å². The molecule has 2 N–H and O–H groups in total. The average Bonchev–Trinajstić information content (AvgIpc) is 2.82. The highest BCUT2D eigenvalue weighted by Gasteiger charge is 2.14. The van der Waals surface area contributed by atoms with E-state index in [1.165, 1.54) is 12.3 Å². The largest absolute Gasteiger partial charge is 0.471 e. The fourth-order valence-corrected chi connectivity index (χ4v) is 2.17. The van der Waals surface area contributed by atoms with Gasteiger partial charge in [0.1, 0.15) is 11.2 Å². The molecule has 0 aliphatic carbocycles. The number of hydrogen-bond acceptors (Lipinski definition) is 4. The summed E-state index contributed by atoms with van der Waals surface area (Å²) < 4.78 is 29.0. The minimum Gasteiger partial charge on any atom is -0.471 e. The van der Waals surface area contributed by atoms with Crippen molar-refractivity contribution >= 4 is 31.6 Å². The molecule has 1 heterocycles. The fraction of sp³-hybridized carbons (Fsp3) is 0. The van der Waals surface area contributed by atoms with Gasteiger partial charge in [0.15, 0.2) is 0 Å². The fourth-order valence-electron chi connectivity index (χ4n) is 1.12. The normalized spacial score (nSPS) is 11.4. The molecule has 0 radical (unpaired) electrons. The van der Waals surface area contributed by atoms with Crippen LogP contribution in [-0.4, -0.2) is 8.42 Å². The van der Waals surface area contributed by atoms with E-state index in [2.05, 4.69) is 26.2 Å². The van der Waals surface area contributed by atoms with Crippen molar-refractivity contribution in [3.8, 4) is 0 Å². The Bertz CT molecular complexity index is 579. The zero-order valence-electron chi connectivity index (χ0n) is 8.55. The number of rotatable bonds is 4. The third kappa shape index (κ3) is 3.09. The van der Waals surface area contributed by atoms with E-state index in [9.17, 15) is 8.42 Å². The van der Waals surface area contributed by atoms with Crippen molar-refractivity contribution in [1.82, 2.24) is 4.83 Å². The molecule has 0 saturated heterocycles. The second-order valence-corrected chi connectivity index (χ2v) is 5.79. The van der Waals surface area contributed by atoms with E-state index in [0.29, 0.717) is 5.69 Å². The van der Waals surface area contributed by atoms with Crippen LogP contribution in [0.1, 0.15) is 0 Å². The molecule has 2 aromatic rings. The Morgan fingerprint density at radius 3 is 2.41 bits per heavy atom. The Morgan fingerprint density at radius 2 is 1.82 bits per heavy atom. The third-order valence-electron chi connectivity index (χ3n) is 1.98. The average molecular weight is 317 g/mol. The molecule has 1 aromatic heterocycles. The van der Waals surface area contributed by atoms with Crippen molar-refractivity contribution in [2.24, 2.45) is 0 Å². The van der Waals surface area contributed by atoms with Gasteiger partial charge in [-0.2, -0.15) is 0 Å². The molecule has 17 heavy (non-hydrogen) atoms. The number of halogens is 1. The molecule has 2 rings (SSSR count). The van der Waals surface area contributed by atoms with Gasteiger partial charge in [-0.05, 0) is 30.3 Å². The van der Waals surface area contributed by atoms with Gasteiger partial charge in [-0.15, -0.1) is 4.83 Å². The lowest BCUT2D eigenvalue weighted by Gasteiger charge is -2.07. The van der Waals surface area contributed by atoms with Crippen LogP contribution in [0.5, 0.6) is 0 Å². The number of hydrogen-bond donors (Lipinski definition) is 2. The standard InChI is InChI=1S/C10H9BrN2O3S/c11-8-1-3-9(4-2-8)12-13-17(14,15)10-5-6-16-7-10/h1-7,12-13H. The molecule has 0 fully saturated rings. The maximum absolute atomic E-state index is 11.7. The second kappa shape index (κ2) is 4.91. The SMILES string of the molecule is O=S(=O)(NNc1ccc(Br)cc1)c1ccoc1. The highest BCUT2D eigenvalue weighted by molar-refractivity contribution is 9.10. The lowest BCUT2D eigenvalue weighted by Crippen LogP contribution is -2.29. The highest BCUT2D eigenvalue weighted by Crippen LogP contribution is 2.14. The molecule has 1 aromatic carbocycles. The molecule has 0 amide bonds. The van der Waals surface area contributed by atoms with Crippen LogP contribution in [0.4, 0.5) is 5.69 Å². The number of anilines is 1. The van der Waals surface area contributed by atoms with E-state index in [1.807, 2.05) is 0 Å². The van der Waals surface area contributed by atoms with E-state index < -0.39 is 10.0 Å². The molecule has 0 unspecified atom stereocenters. The van der Waals surface area contributed by atoms with Crippen molar-refractivity contribution in [3.05, 3.63) is 47.3 Å². The molecule has 90 valence electrons. The van der Waals surface area contributed by atoms with E-state index in [1.54, 1.807) is 24.3 Å². The topological polar surface area (TPSA) is 71.3 Å². The van der Waals surface area contributed by atoms with Gasteiger partial charge in [0.2, 0.25) is 0 Å². The smallest absolute Gasteiger partial charge is 0.260 e. The van der Waals surface area contributed by atoms with Gasteiger partial charge >= 0.3 is 0 Å². The first-order valence-corrected chi connectivity index (χ1v) is 6.91. The van der Waals surface area contributed by atoms with Crippen LogP contribution in [0, 0.1) is 0 Å². The minimum absolute atomic E-state index is 0.0714. The van der Waals surface area contributed by atoms with E-state index in [4.69, 9.17) is 4.42 Å². The molecule has 0 aliphatic heterocycles. The van der Waals surface area contributed by atoms with Crippen molar-refractivity contribution in [2.45, 2.75) is 4.90 Å². The van der Waals surface area contributed by atoms with Crippen molar-refractivity contribution < 1.29 is 12.8 Å². The van der Waals surface area contributed by atoms with Gasteiger partial charge in [0.05, 0.1) is 6.26 Å². The lowest BCUT2D eigenvalue weighted by atomic mass is 10.3. The van der Waals surface area contributed by atoms with Crippen LogP contribution >= 0.6 is 15.9 Å². The molecule has 0 saturated carbocycles. The first-order valence-electron chi connectivity index (χ1n) is 4.63. The predicted molar refractivity (Wildman–Crippen MR) is 66.8 cm³/mol. The maximum Gasteiger partial charge on any atom is 0.260 e. The number of furan rings is 1. The third-order valence-corrected chi connectivity index (χ3v) is 3.73. The monoisotopic (exact) mass is 316 g/mol. The quantitative estimate of drug-likeness (QED) is 0.849. The molecular weight excluding hydrogens is 308 g/mol. The van der Waals surface area contributed by atoms with E-state index in [0.717, 1.165) is 10.7 Å². The van der Waals surface area contributed by atoms with Crippen molar-refractivity contribution in [3.63, 3.8) is 0 Å². The zero-order valence-corrected chi connectivity index (χ0v) is 11.0. The van der Waals surface area contributed by atoms with Crippen molar-refractivity contribution in [2.75, 3.05) is 5.43 Å². The Labute approximate surface area is 107 Å². The Hall–Kier alpha value is -1.31. The highest BCUT2D eigenvalue weighted by atomic mass is 79.9. The van der Waals surface area contributed by atoms with Gasteiger partial charge in [0, 0.05) is 10.2 Å². The molecule has 5 nitrogen and oxygen atoms in total. The summed E-state index contributed by atoms with van der Waals surface area (Å²) in [5.74, 6) is 0. The number of sulfonamides is 1. The number of nitrogens with one attached hydrogen (secondary N) is 2. The molecule has 0 bridgehead atoms. The predicted octanol–water partition coefficient (Wildman–Crippen LogP) is 2.35. The maximum atomic E-state index is 11.7. The van der Waals surface area contributed by atoms with Crippen LogP contribution in [0.2, 0.25) is 0 Å². The summed E-state index contributed by atoms with van der Waals surface area (Å²) in [4.78, 5) is 2.32. The van der Waals surface area contributed by atoms with E-state index >= 15 is 0 Å². The first-order chi connectivity index (χ1) is 8.08. The Kier molecular flexibility index (Phi) is 3.51. The molecule has 0 spiro atoms. The van der Waals surface area contributed by atoms with Gasteiger partial charge in [-0.3, -0.25) is 0 Å². The van der Waals surface area contributed by atoms with E-state index in [-0.39, 0.29) is 4.90 Å². The summed E-state index contributed by atoms with van der Waals surface area (Å²) in [5, 5.41) is 0. The first kappa shape index (κ1) is 12.2. The summed E-state index contributed by atoms with van der Waals surface area (Å²) in [6.45, 7) is 0. The second-order valence-electron chi connectivity index (χ2n) is 3.20. The molecule has 7 heteroatoms. The summed E-state index contributed by atoms with van der Waals surface area (Å²) >= 11 is 3.29. The Morgan fingerprint density at radius 1 is 1.12 bits per heavy atom. The van der Waals surface area contributed by atoms with Gasteiger partial charge in [-0.25, -0.2) is 8.42 Å². The van der Waals surface area contributed by atoms with Gasteiger partial charge < -0.3 is 9.84 Å². The van der Waals surface area contributed by atoms with Crippen LogP contribution in [0.25, 0.3) is 0 Å².